The molecule has 0 saturated carbocycles. The summed E-state index contributed by atoms with van der Waals surface area (Å²) in [6.07, 6.45) is 24.1. The fourth-order valence-corrected chi connectivity index (χ4v) is 17.0. The van der Waals surface area contributed by atoms with Gasteiger partial charge in [0, 0.05) is 175 Å². The number of nitrogens with zero attached hydrogens (tertiary/aromatic N) is 9. The molecule has 0 bridgehead atoms. The van der Waals surface area contributed by atoms with Crippen LogP contribution in [0.3, 0.4) is 0 Å². The molecule has 34 heteroatoms. The van der Waals surface area contributed by atoms with E-state index in [4.69, 9.17) is 43.5 Å². The first kappa shape index (κ1) is 95.5. The molecule has 1 aliphatic carbocycles. The molecule has 18 rings (SSSR count). The first-order valence-corrected chi connectivity index (χ1v) is 44.6. The van der Waals surface area contributed by atoms with Gasteiger partial charge in [0.1, 0.15) is 52.0 Å². The van der Waals surface area contributed by atoms with Gasteiger partial charge in [-0.3, -0.25) is 28.5 Å². The summed E-state index contributed by atoms with van der Waals surface area (Å²) in [6, 6.07) is 24.5. The van der Waals surface area contributed by atoms with Gasteiger partial charge in [0.25, 0.3) is 11.8 Å². The third kappa shape index (κ3) is 23.5. The van der Waals surface area contributed by atoms with E-state index < -0.39 is 40.9 Å². The Morgan fingerprint density at radius 3 is 1.43 bits per heavy atom. The van der Waals surface area contributed by atoms with Crippen molar-refractivity contribution in [2.75, 3.05) is 45.0 Å². The van der Waals surface area contributed by atoms with E-state index in [-0.39, 0.29) is 90.7 Å². The second kappa shape index (κ2) is 43.5. The SMILES string of the molecule is BrCC1CCCO1.CCOC(=O)C1=C(C=O)C=CC1.CCOC(=O)c1c(C=O)ccn1CC1CCCO1.Cn1cc2cc(-c3cc(F)c(CN4Cc5ccn(CC6CCCO6)c5C4=O)c(F)c3)ccc2n1.Cn1cc2cc(B3OC(C)(C)C(C)(C)O3)ccc2n1.NCc1c(F)cc(Br)cc1F.O=C1c2c(ccn2CC2CCCO2)CN1Cc1c(F)cc(Br)cc1F. The highest BCUT2D eigenvalue weighted by molar-refractivity contribution is 9.10. The predicted octanol–water partition coefficient (Wildman–Crippen LogP) is 16.8. The Morgan fingerprint density at radius 2 is 0.992 bits per heavy atom. The van der Waals surface area contributed by atoms with Gasteiger partial charge >= 0.3 is 19.1 Å². The summed E-state index contributed by atoms with van der Waals surface area (Å²) < 4.78 is 138. The van der Waals surface area contributed by atoms with E-state index in [1.807, 2.05) is 89.1 Å². The number of aryl methyl sites for hydroxylation is 2. The number of hydrogen-bond acceptors (Lipinski definition) is 17. The number of alkyl halides is 1. The molecular weight excluding hydrogens is 1830 g/mol. The Hall–Kier alpha value is -9.62. The number of carbonyl (C=O) groups is 6. The number of nitrogens with two attached hydrogens (primary N) is 1. The predicted molar refractivity (Wildman–Crippen MR) is 473 cm³/mol. The number of aromatic nitrogens is 7. The van der Waals surface area contributed by atoms with Gasteiger partial charge in [-0.1, -0.05) is 78.1 Å². The number of hydrogen-bond donors (Lipinski definition) is 1. The number of esters is 2. The van der Waals surface area contributed by atoms with Crippen molar-refractivity contribution in [3.8, 4) is 11.1 Å². The van der Waals surface area contributed by atoms with Crippen molar-refractivity contribution in [3.63, 3.8) is 0 Å². The second-order valence-electron chi connectivity index (χ2n) is 32.3. The first-order valence-electron chi connectivity index (χ1n) is 41.9. The minimum absolute atomic E-state index is 0.0757. The molecule has 0 spiro atoms. The van der Waals surface area contributed by atoms with Crippen LogP contribution in [0.15, 0.2) is 154 Å². The summed E-state index contributed by atoms with van der Waals surface area (Å²) in [5, 5.41) is 11.7. The molecule has 5 saturated heterocycles. The van der Waals surface area contributed by atoms with Crippen molar-refractivity contribution in [1.29, 1.82) is 0 Å². The lowest BCUT2D eigenvalue weighted by atomic mass is 9.79. The minimum Gasteiger partial charge on any atom is -0.463 e. The Balaban J connectivity index is 0.000000140. The molecule has 10 aromatic rings. The number of amides is 2. The van der Waals surface area contributed by atoms with Crippen LogP contribution in [-0.2, 0) is 114 Å². The molecule has 4 atom stereocenters. The standard InChI is InChI=1S/C26H24F2N4O2.C18H17BrF2N2O2.C14H19BN2O2.C13H17NO4.C9H10O3.C7H6BrF2N.C5H9BrO/c1-30-12-19-9-16(4-5-24(19)29-30)18-10-22(27)21(23(28)11-18)15-32-13-17-6-7-31(25(17)26(32)33)14-20-3-2-8-34-20;19-12-6-15(20)14(16(21)7-12)10-23-8-11-3-4-22(17(11)18(23)24)9-13-2-1-5-25-13;1-13(2)14(3,4)19-15(18-13)11-6-7-12-10(8-11)9-17(5)16-12;1-2-17-13(16)12-10(9-15)5-6-14(12)8-11-4-3-7-18-11;1-2-12-9(11)8-5-3-4-7(8)6-10;8-4-1-6(9)5(3-11)7(10)2-4;6-4-5-2-1-3-7-5/h4-7,9-12,20H,2-3,8,13-15H2,1H3;3-4,6-7,13H,1-2,5,8-10H2;6-9H,1-5H3;5-6,9,11H,2-4,7-8H2,1H3;3-4,6H,2,5H2,1H3;1-2H,3,11H2;5H,1-4H2. The largest absolute Gasteiger partial charge is 0.494 e. The summed E-state index contributed by atoms with van der Waals surface area (Å²) in [6.45, 7) is 17.8. The van der Waals surface area contributed by atoms with Crippen molar-refractivity contribution < 1.29 is 92.8 Å². The number of halogens is 9. The number of allylic oxidation sites excluding steroid dienone is 3. The van der Waals surface area contributed by atoms with Gasteiger partial charge in [-0.25, -0.2) is 35.9 Å². The fourth-order valence-electron chi connectivity index (χ4n) is 15.7. The molecule has 670 valence electrons. The maximum atomic E-state index is 15.1. The van der Waals surface area contributed by atoms with Crippen molar-refractivity contribution in [1.82, 2.24) is 43.1 Å². The maximum Gasteiger partial charge on any atom is 0.494 e. The lowest BCUT2D eigenvalue weighted by molar-refractivity contribution is -0.138. The zero-order valence-corrected chi connectivity index (χ0v) is 76.2. The quantitative estimate of drug-likeness (QED) is 0.0244. The average molecular weight is 1940 g/mol. The van der Waals surface area contributed by atoms with Crippen molar-refractivity contribution >= 4 is 119 Å². The van der Waals surface area contributed by atoms with Crippen LogP contribution in [0.1, 0.15) is 169 Å². The topological polar surface area (TPSA) is 259 Å². The summed E-state index contributed by atoms with van der Waals surface area (Å²) in [4.78, 5) is 73.2. The second-order valence-corrected chi connectivity index (χ2v) is 34.8. The number of fused-ring (bicyclic) bond motifs is 4. The van der Waals surface area contributed by atoms with Crippen LogP contribution < -0.4 is 11.2 Å². The molecule has 2 amide bonds. The van der Waals surface area contributed by atoms with E-state index >= 15 is 8.78 Å². The number of benzene rings is 5. The highest BCUT2D eigenvalue weighted by Crippen LogP contribution is 2.38. The smallest absolute Gasteiger partial charge is 0.463 e. The molecule has 5 aromatic heterocycles. The Bertz CT molecular complexity index is 5540. The van der Waals surface area contributed by atoms with Crippen molar-refractivity contribution in [2.45, 2.75) is 187 Å². The third-order valence-corrected chi connectivity index (χ3v) is 24.5. The van der Waals surface area contributed by atoms with E-state index in [1.165, 1.54) is 59.0 Å². The maximum absolute atomic E-state index is 15.1. The molecule has 7 aliphatic heterocycles. The summed E-state index contributed by atoms with van der Waals surface area (Å²) in [7, 11) is 3.44. The highest BCUT2D eigenvalue weighted by atomic mass is 79.9. The average Bonchev–Trinajstić information content (AvgIpc) is 1.62. The van der Waals surface area contributed by atoms with Gasteiger partial charge in [-0.05, 0) is 189 Å². The lowest BCUT2D eigenvalue weighted by Crippen LogP contribution is -2.41. The van der Waals surface area contributed by atoms with Gasteiger partial charge in [0.2, 0.25) is 0 Å². The zero-order valence-electron chi connectivity index (χ0n) is 71.4. The van der Waals surface area contributed by atoms with Crippen LogP contribution in [0.2, 0.25) is 0 Å². The third-order valence-electron chi connectivity index (χ3n) is 22.8. The minimum atomic E-state index is -0.659. The number of carbonyl (C=O) groups excluding carboxylic acids is 6. The van der Waals surface area contributed by atoms with E-state index in [0.29, 0.717) is 125 Å². The highest BCUT2D eigenvalue weighted by Gasteiger charge is 2.52. The first-order chi connectivity index (χ1) is 60.4. The normalized spacial score (nSPS) is 18.7. The van der Waals surface area contributed by atoms with E-state index in [2.05, 4.69) is 91.7 Å². The molecule has 24 nitrogen and oxygen atoms in total. The Morgan fingerprint density at radius 1 is 0.556 bits per heavy atom. The van der Waals surface area contributed by atoms with Crippen molar-refractivity contribution in [2.24, 2.45) is 19.8 Å². The molecule has 2 N–H and O–H groups in total. The van der Waals surface area contributed by atoms with Gasteiger partial charge < -0.3 is 67.0 Å². The Kier molecular flexibility index (Phi) is 32.9. The summed E-state index contributed by atoms with van der Waals surface area (Å²) in [5.41, 5.74) is 12.8. The van der Waals surface area contributed by atoms with Crippen LogP contribution in [0.5, 0.6) is 0 Å². The molecule has 8 aliphatic rings. The van der Waals surface area contributed by atoms with Crippen LogP contribution in [0, 0.1) is 34.9 Å². The number of aldehydes is 2. The van der Waals surface area contributed by atoms with E-state index in [0.717, 1.165) is 109 Å². The van der Waals surface area contributed by atoms with Crippen LogP contribution in [-0.4, -0.2) is 167 Å². The van der Waals surface area contributed by atoms with Gasteiger partial charge in [0.05, 0.1) is 78.5 Å². The van der Waals surface area contributed by atoms with Gasteiger partial charge in [-0.15, -0.1) is 0 Å². The molecular formula is C92H102BBr3F6N10O14. The monoisotopic (exact) mass is 1930 g/mol. The number of ether oxygens (including phenoxy) is 6. The van der Waals surface area contributed by atoms with Gasteiger partial charge in [0.15, 0.2) is 12.6 Å². The fraction of sp³-hybridized carbons (Fsp3) is 0.413. The van der Waals surface area contributed by atoms with E-state index in [9.17, 15) is 46.3 Å². The molecule has 5 aromatic carbocycles. The molecule has 12 heterocycles. The van der Waals surface area contributed by atoms with Crippen molar-refractivity contribution in [3.05, 3.63) is 240 Å². The van der Waals surface area contributed by atoms with Crippen LogP contribution >= 0.6 is 47.8 Å². The molecule has 5 fully saturated rings. The molecule has 126 heavy (non-hydrogen) atoms. The summed E-state index contributed by atoms with van der Waals surface area (Å²) >= 11 is 9.37. The molecule has 0 radical (unpaired) electrons. The molecule has 4 unspecified atom stereocenters. The van der Waals surface area contributed by atoms with Crippen LogP contribution in [0.25, 0.3) is 32.9 Å². The lowest BCUT2D eigenvalue weighted by Gasteiger charge is -2.32. The zero-order chi connectivity index (χ0) is 90.3. The van der Waals surface area contributed by atoms with Crippen LogP contribution in [0.4, 0.5) is 26.3 Å². The van der Waals surface area contributed by atoms with E-state index in [1.54, 1.807) is 53.6 Å². The van der Waals surface area contributed by atoms with Gasteiger partial charge in [-0.2, -0.15) is 10.2 Å². The summed E-state index contributed by atoms with van der Waals surface area (Å²) in [5.74, 6) is -5.09. The Labute approximate surface area is 752 Å². The number of rotatable bonds is 20.